The molecule has 0 aliphatic carbocycles. The molecule has 1 aliphatic rings. The molecule has 0 spiro atoms. The Morgan fingerprint density at radius 2 is 1.79 bits per heavy atom. The van der Waals surface area contributed by atoms with E-state index in [2.05, 4.69) is 27.9 Å². The molecule has 1 fully saturated rings. The van der Waals surface area contributed by atoms with Gasteiger partial charge in [0.15, 0.2) is 0 Å². The standard InChI is InChI=1S/C25H35N5O3/c1-4-6-12-30(25(32)21-19-26-20(3)18-27-21)13-11-24(31)29-16-14-28(15-17-29)22-9-7-8-10-23(22)33-5-2/h7-10,18-19H,4-6,11-17H2,1-3H3. The normalized spacial score (nSPS) is 13.7. The highest BCUT2D eigenvalue weighted by Crippen LogP contribution is 2.28. The van der Waals surface area contributed by atoms with E-state index >= 15 is 0 Å². The van der Waals surface area contributed by atoms with Crippen LogP contribution in [0.25, 0.3) is 0 Å². The Hall–Kier alpha value is -3.16. The van der Waals surface area contributed by atoms with Crippen molar-refractivity contribution in [1.82, 2.24) is 19.8 Å². The highest BCUT2D eigenvalue weighted by atomic mass is 16.5. The molecule has 0 unspecified atom stereocenters. The SMILES string of the molecule is CCCCN(CCC(=O)N1CCN(c2ccccc2OCC)CC1)C(=O)c1cnc(C)cn1. The van der Waals surface area contributed by atoms with Gasteiger partial charge in [-0.1, -0.05) is 25.5 Å². The maximum absolute atomic E-state index is 12.9. The van der Waals surface area contributed by atoms with Gasteiger partial charge in [-0.3, -0.25) is 14.6 Å². The summed E-state index contributed by atoms with van der Waals surface area (Å²) in [7, 11) is 0. The summed E-state index contributed by atoms with van der Waals surface area (Å²) in [4.78, 5) is 40.1. The summed E-state index contributed by atoms with van der Waals surface area (Å²) in [5.74, 6) is 0.794. The number of amides is 2. The van der Waals surface area contributed by atoms with E-state index in [1.807, 2.05) is 36.9 Å². The van der Waals surface area contributed by atoms with Crippen molar-refractivity contribution < 1.29 is 14.3 Å². The molecule has 8 heteroatoms. The molecule has 0 radical (unpaired) electrons. The number of carbonyl (C=O) groups excluding carboxylic acids is 2. The fourth-order valence-electron chi connectivity index (χ4n) is 3.91. The highest BCUT2D eigenvalue weighted by Gasteiger charge is 2.24. The third kappa shape index (κ3) is 6.66. The van der Waals surface area contributed by atoms with Crippen molar-refractivity contribution in [3.05, 3.63) is 48.0 Å². The Morgan fingerprint density at radius 1 is 1.03 bits per heavy atom. The van der Waals surface area contributed by atoms with Gasteiger partial charge in [0.1, 0.15) is 11.4 Å². The number of ether oxygens (including phenoxy) is 1. The van der Waals surface area contributed by atoms with Crippen LogP contribution in [0, 0.1) is 6.92 Å². The van der Waals surface area contributed by atoms with Gasteiger partial charge in [0.05, 0.1) is 24.2 Å². The van der Waals surface area contributed by atoms with Crippen LogP contribution in [-0.2, 0) is 4.79 Å². The van der Waals surface area contributed by atoms with E-state index in [1.54, 1.807) is 11.1 Å². The molecule has 2 aromatic rings. The van der Waals surface area contributed by atoms with Crippen LogP contribution in [0.15, 0.2) is 36.7 Å². The van der Waals surface area contributed by atoms with Crippen LogP contribution in [0.2, 0.25) is 0 Å². The summed E-state index contributed by atoms with van der Waals surface area (Å²) in [6.45, 7) is 10.4. The van der Waals surface area contributed by atoms with Gasteiger partial charge in [-0.05, 0) is 32.4 Å². The van der Waals surface area contributed by atoms with E-state index in [1.165, 1.54) is 6.20 Å². The molecule has 1 aliphatic heterocycles. The molecule has 0 saturated carbocycles. The third-order valence-corrected chi connectivity index (χ3v) is 5.80. The minimum Gasteiger partial charge on any atom is -0.492 e. The Bertz CT molecular complexity index is 911. The van der Waals surface area contributed by atoms with Gasteiger partial charge in [0, 0.05) is 51.9 Å². The number of rotatable bonds is 10. The summed E-state index contributed by atoms with van der Waals surface area (Å²) in [6.07, 6.45) is 5.28. The number of aromatic nitrogens is 2. The fourth-order valence-corrected chi connectivity index (χ4v) is 3.91. The molecule has 0 atom stereocenters. The largest absolute Gasteiger partial charge is 0.492 e. The fraction of sp³-hybridized carbons (Fsp3) is 0.520. The van der Waals surface area contributed by atoms with Gasteiger partial charge in [-0.2, -0.15) is 0 Å². The van der Waals surface area contributed by atoms with Gasteiger partial charge in [-0.25, -0.2) is 4.98 Å². The van der Waals surface area contributed by atoms with Gasteiger partial charge in [-0.15, -0.1) is 0 Å². The lowest BCUT2D eigenvalue weighted by Crippen LogP contribution is -2.49. The molecule has 2 amide bonds. The first-order valence-corrected chi connectivity index (χ1v) is 11.9. The van der Waals surface area contributed by atoms with Crippen LogP contribution in [0.5, 0.6) is 5.75 Å². The van der Waals surface area contributed by atoms with Crippen LogP contribution < -0.4 is 9.64 Å². The Kier molecular flexibility index (Phi) is 9.04. The molecule has 33 heavy (non-hydrogen) atoms. The molecular formula is C25H35N5O3. The Morgan fingerprint density at radius 3 is 2.45 bits per heavy atom. The van der Waals surface area contributed by atoms with Gasteiger partial charge in [0.2, 0.25) is 5.91 Å². The topological polar surface area (TPSA) is 78.9 Å². The maximum atomic E-state index is 12.9. The quantitative estimate of drug-likeness (QED) is 0.550. The zero-order valence-electron chi connectivity index (χ0n) is 20.0. The average Bonchev–Trinajstić information content (AvgIpc) is 2.85. The zero-order valence-corrected chi connectivity index (χ0v) is 20.0. The average molecular weight is 454 g/mol. The lowest BCUT2D eigenvalue weighted by atomic mass is 10.2. The molecule has 1 aromatic carbocycles. The number of anilines is 1. The van der Waals surface area contributed by atoms with Crippen molar-refractivity contribution in [3.63, 3.8) is 0 Å². The summed E-state index contributed by atoms with van der Waals surface area (Å²) in [6, 6.07) is 8.03. The minimum atomic E-state index is -0.166. The van der Waals surface area contributed by atoms with Crippen molar-refractivity contribution in [2.24, 2.45) is 0 Å². The summed E-state index contributed by atoms with van der Waals surface area (Å²) >= 11 is 0. The van der Waals surface area contributed by atoms with Crippen molar-refractivity contribution in [3.8, 4) is 5.75 Å². The van der Waals surface area contributed by atoms with E-state index in [0.29, 0.717) is 44.9 Å². The van der Waals surface area contributed by atoms with E-state index < -0.39 is 0 Å². The third-order valence-electron chi connectivity index (χ3n) is 5.80. The molecule has 178 valence electrons. The number of carbonyl (C=O) groups is 2. The van der Waals surface area contributed by atoms with Crippen molar-refractivity contribution in [2.75, 3.05) is 50.8 Å². The first-order chi connectivity index (χ1) is 16.0. The number of nitrogens with zero attached hydrogens (tertiary/aromatic N) is 5. The number of hydrogen-bond acceptors (Lipinski definition) is 6. The zero-order chi connectivity index (χ0) is 23.6. The molecular weight excluding hydrogens is 418 g/mol. The van der Waals surface area contributed by atoms with Crippen LogP contribution >= 0.6 is 0 Å². The number of benzene rings is 1. The molecule has 2 heterocycles. The number of piperazine rings is 1. The smallest absolute Gasteiger partial charge is 0.274 e. The predicted octanol–water partition coefficient (Wildman–Crippen LogP) is 3.16. The molecule has 0 N–H and O–H groups in total. The Labute approximate surface area is 196 Å². The minimum absolute atomic E-state index is 0.0806. The molecule has 0 bridgehead atoms. The monoisotopic (exact) mass is 453 g/mol. The second kappa shape index (κ2) is 12.2. The van der Waals surface area contributed by atoms with Gasteiger partial charge < -0.3 is 19.4 Å². The first kappa shape index (κ1) is 24.5. The first-order valence-electron chi connectivity index (χ1n) is 11.9. The second-order valence-electron chi connectivity index (χ2n) is 8.21. The van der Waals surface area contributed by atoms with Crippen LogP contribution in [0.4, 0.5) is 5.69 Å². The number of aryl methyl sites for hydroxylation is 1. The number of hydrogen-bond donors (Lipinski definition) is 0. The molecule has 1 aromatic heterocycles. The van der Waals surface area contributed by atoms with Crippen LogP contribution in [0.1, 0.15) is 49.3 Å². The summed E-state index contributed by atoms with van der Waals surface area (Å²) in [5, 5.41) is 0. The molecule has 8 nitrogen and oxygen atoms in total. The van der Waals surface area contributed by atoms with Crippen molar-refractivity contribution in [2.45, 2.75) is 40.0 Å². The van der Waals surface area contributed by atoms with Gasteiger partial charge >= 0.3 is 0 Å². The number of para-hydroxylation sites is 2. The molecule has 3 rings (SSSR count). The van der Waals surface area contributed by atoms with E-state index in [9.17, 15) is 9.59 Å². The summed E-state index contributed by atoms with van der Waals surface area (Å²) in [5.41, 5.74) is 2.16. The second-order valence-corrected chi connectivity index (χ2v) is 8.21. The van der Waals surface area contributed by atoms with Crippen LogP contribution in [0.3, 0.4) is 0 Å². The lowest BCUT2D eigenvalue weighted by Gasteiger charge is -2.37. The van der Waals surface area contributed by atoms with Crippen LogP contribution in [-0.4, -0.2) is 77.5 Å². The molecule has 1 saturated heterocycles. The van der Waals surface area contributed by atoms with E-state index in [4.69, 9.17) is 4.74 Å². The lowest BCUT2D eigenvalue weighted by molar-refractivity contribution is -0.131. The van der Waals surface area contributed by atoms with Crippen molar-refractivity contribution >= 4 is 17.5 Å². The van der Waals surface area contributed by atoms with E-state index in [-0.39, 0.29) is 11.8 Å². The summed E-state index contributed by atoms with van der Waals surface area (Å²) < 4.78 is 5.76. The van der Waals surface area contributed by atoms with Crippen molar-refractivity contribution in [1.29, 1.82) is 0 Å². The Balaban J connectivity index is 1.54. The number of unbranched alkanes of at least 4 members (excludes halogenated alkanes) is 1. The van der Waals surface area contributed by atoms with E-state index in [0.717, 1.165) is 43.1 Å². The predicted molar refractivity (Wildman–Crippen MR) is 129 cm³/mol. The van der Waals surface area contributed by atoms with Gasteiger partial charge in [0.25, 0.3) is 5.91 Å². The maximum Gasteiger partial charge on any atom is 0.274 e. The highest BCUT2D eigenvalue weighted by molar-refractivity contribution is 5.92.